The minimum absolute atomic E-state index is 0.0296. The van der Waals surface area contributed by atoms with Gasteiger partial charge in [0.1, 0.15) is 23.7 Å². The average Bonchev–Trinajstić information content (AvgIpc) is 2.74. The minimum atomic E-state index is -0.589. The van der Waals surface area contributed by atoms with Gasteiger partial charge in [-0.15, -0.1) is 0 Å². The van der Waals surface area contributed by atoms with E-state index < -0.39 is 11.6 Å². The smallest absolute Gasteiger partial charge is 0.287 e. The van der Waals surface area contributed by atoms with Gasteiger partial charge in [0.2, 0.25) is 0 Å². The van der Waals surface area contributed by atoms with Crippen LogP contribution in [0.4, 0.5) is 14.5 Å². The predicted octanol–water partition coefficient (Wildman–Crippen LogP) is 5.10. The Labute approximate surface area is 194 Å². The highest BCUT2D eigenvalue weighted by Gasteiger charge is 2.29. The van der Waals surface area contributed by atoms with Gasteiger partial charge in [-0.2, -0.15) is 0 Å². The second-order valence-electron chi connectivity index (χ2n) is 8.34. The van der Waals surface area contributed by atoms with Crippen LogP contribution < -0.4 is 10.6 Å². The number of carbonyl (C=O) groups excluding carboxylic acids is 1. The maximum atomic E-state index is 14.6. The quantitative estimate of drug-likeness (QED) is 0.234. The summed E-state index contributed by atoms with van der Waals surface area (Å²) in [7, 11) is 0. The van der Waals surface area contributed by atoms with Crippen LogP contribution in [0, 0.1) is 11.6 Å². The Hall–Kier alpha value is -3.22. The zero-order valence-electron chi connectivity index (χ0n) is 19.1. The molecule has 1 saturated heterocycles. The molecule has 1 atom stereocenters. The molecule has 0 amide bonds. The molecule has 1 aliphatic rings. The molecule has 0 bridgehead atoms. The largest absolute Gasteiger partial charge is 0.431 e. The van der Waals surface area contributed by atoms with Crippen LogP contribution in [0.3, 0.4) is 0 Å². The molecule has 1 aliphatic heterocycles. The molecule has 2 N–H and O–H groups in total. The van der Waals surface area contributed by atoms with Crippen molar-refractivity contribution in [2.24, 2.45) is 10.7 Å². The summed E-state index contributed by atoms with van der Waals surface area (Å²) < 4.78 is 34.9. The van der Waals surface area contributed by atoms with Gasteiger partial charge in [-0.05, 0) is 42.5 Å². The summed E-state index contributed by atoms with van der Waals surface area (Å²) >= 11 is 0. The molecule has 5 nitrogen and oxygen atoms in total. The van der Waals surface area contributed by atoms with Crippen molar-refractivity contribution >= 4 is 18.0 Å². The van der Waals surface area contributed by atoms with Gasteiger partial charge >= 0.3 is 0 Å². The fourth-order valence-corrected chi connectivity index (χ4v) is 3.95. The number of amidine groups is 1. The Balaban J connectivity index is 1.59. The molecule has 1 heterocycles. The first-order valence-electron chi connectivity index (χ1n) is 11.3. The summed E-state index contributed by atoms with van der Waals surface area (Å²) in [6.07, 6.45) is 4.86. The van der Waals surface area contributed by atoms with Crippen LogP contribution in [0.1, 0.15) is 50.2 Å². The number of carbonyl (C=O) groups is 1. The average molecular weight is 456 g/mol. The molecule has 0 radical (unpaired) electrons. The Morgan fingerprint density at radius 1 is 1.24 bits per heavy atom. The highest BCUT2D eigenvalue weighted by molar-refractivity contribution is 5.73. The third-order valence-electron chi connectivity index (χ3n) is 5.70. The topological polar surface area (TPSA) is 67.9 Å². The van der Waals surface area contributed by atoms with Crippen molar-refractivity contribution in [1.29, 1.82) is 0 Å². The summed E-state index contributed by atoms with van der Waals surface area (Å²) in [5.74, 6) is -0.803. The van der Waals surface area contributed by atoms with Crippen LogP contribution in [-0.4, -0.2) is 31.4 Å². The SMILES string of the molecule is CC/C=C(\Cc1ccccc1)OC(N)=NC1CN(c2cc(F)c(C(C)CCC=O)c(F)c2)C1. The van der Waals surface area contributed by atoms with E-state index in [4.69, 9.17) is 10.5 Å². The van der Waals surface area contributed by atoms with Gasteiger partial charge in [0, 0.05) is 37.2 Å². The van der Waals surface area contributed by atoms with E-state index in [9.17, 15) is 13.6 Å². The summed E-state index contributed by atoms with van der Waals surface area (Å²) in [6.45, 7) is 4.74. The van der Waals surface area contributed by atoms with E-state index in [2.05, 4.69) is 4.99 Å². The van der Waals surface area contributed by atoms with E-state index >= 15 is 0 Å². The third-order valence-corrected chi connectivity index (χ3v) is 5.70. The Kier molecular flexibility index (Phi) is 8.58. The maximum absolute atomic E-state index is 14.6. The molecule has 0 saturated carbocycles. The molecule has 0 aliphatic carbocycles. The number of nitrogens with zero attached hydrogens (tertiary/aromatic N) is 2. The lowest BCUT2D eigenvalue weighted by molar-refractivity contribution is -0.108. The normalized spacial score (nSPS) is 15.8. The van der Waals surface area contributed by atoms with E-state index in [1.165, 1.54) is 12.1 Å². The van der Waals surface area contributed by atoms with Crippen molar-refractivity contribution in [2.75, 3.05) is 18.0 Å². The fourth-order valence-electron chi connectivity index (χ4n) is 3.95. The number of aldehydes is 1. The molecule has 0 spiro atoms. The maximum Gasteiger partial charge on any atom is 0.287 e. The molecule has 1 unspecified atom stereocenters. The van der Waals surface area contributed by atoms with Gasteiger partial charge in [0.15, 0.2) is 0 Å². The van der Waals surface area contributed by atoms with Gasteiger partial charge in [0.05, 0.1) is 6.04 Å². The molecule has 2 aromatic carbocycles. The summed E-state index contributed by atoms with van der Waals surface area (Å²) in [5.41, 5.74) is 7.64. The lowest BCUT2D eigenvalue weighted by Crippen LogP contribution is -2.50. The van der Waals surface area contributed by atoms with Crippen molar-refractivity contribution in [3.8, 4) is 0 Å². The summed E-state index contributed by atoms with van der Waals surface area (Å²) in [5, 5.41) is 0. The van der Waals surface area contributed by atoms with E-state index in [1.54, 1.807) is 6.92 Å². The van der Waals surface area contributed by atoms with E-state index in [-0.39, 0.29) is 30.0 Å². The molecular formula is C26H31F2N3O2. The first-order chi connectivity index (χ1) is 15.9. The summed E-state index contributed by atoms with van der Waals surface area (Å²) in [6, 6.07) is 12.6. The molecular weight excluding hydrogens is 424 g/mol. The van der Waals surface area contributed by atoms with Gasteiger partial charge in [-0.1, -0.05) is 44.2 Å². The summed E-state index contributed by atoms with van der Waals surface area (Å²) in [4.78, 5) is 16.8. The molecule has 7 heteroatoms. The molecule has 3 rings (SSSR count). The van der Waals surface area contributed by atoms with Crippen molar-refractivity contribution in [3.05, 3.63) is 77.1 Å². The number of rotatable bonds is 10. The van der Waals surface area contributed by atoms with E-state index in [1.807, 2.05) is 48.2 Å². The Morgan fingerprint density at radius 3 is 2.52 bits per heavy atom. The van der Waals surface area contributed by atoms with Gasteiger partial charge in [-0.25, -0.2) is 13.8 Å². The van der Waals surface area contributed by atoms with Crippen LogP contribution in [0.15, 0.2) is 59.3 Å². The second-order valence-corrected chi connectivity index (χ2v) is 8.34. The Bertz CT molecular complexity index is 979. The second kappa shape index (κ2) is 11.6. The highest BCUT2D eigenvalue weighted by Crippen LogP contribution is 2.32. The van der Waals surface area contributed by atoms with Gasteiger partial charge < -0.3 is 20.2 Å². The predicted molar refractivity (Wildman–Crippen MR) is 127 cm³/mol. The monoisotopic (exact) mass is 455 g/mol. The fraction of sp³-hybridized carbons (Fsp3) is 0.385. The third kappa shape index (κ3) is 6.63. The van der Waals surface area contributed by atoms with E-state index in [0.29, 0.717) is 31.6 Å². The number of hydrogen-bond donors (Lipinski definition) is 1. The number of hydrogen-bond acceptors (Lipinski definition) is 4. The standard InChI is InChI=1S/C26H31F2N3O2/c1-3-8-22(13-19-10-5-4-6-11-19)33-26(29)30-20-16-31(17-20)21-14-23(27)25(24(28)15-21)18(2)9-7-12-32/h4-6,8,10-12,14-15,18,20H,3,7,9,13,16-17H2,1-2H3,(H2,29,30)/b22-8+. The van der Waals surface area contributed by atoms with Crippen molar-refractivity contribution in [2.45, 2.75) is 51.5 Å². The molecule has 176 valence electrons. The van der Waals surface area contributed by atoms with Gasteiger partial charge in [0.25, 0.3) is 6.02 Å². The van der Waals surface area contributed by atoms with Crippen LogP contribution in [0.25, 0.3) is 0 Å². The lowest BCUT2D eigenvalue weighted by Gasteiger charge is -2.39. The highest BCUT2D eigenvalue weighted by atomic mass is 19.1. The number of benzene rings is 2. The first-order valence-corrected chi connectivity index (χ1v) is 11.3. The number of halogens is 2. The van der Waals surface area contributed by atoms with Crippen LogP contribution in [0.5, 0.6) is 0 Å². The van der Waals surface area contributed by atoms with Crippen LogP contribution in [-0.2, 0) is 16.0 Å². The lowest BCUT2D eigenvalue weighted by atomic mass is 9.94. The zero-order chi connectivity index (χ0) is 23.8. The van der Waals surface area contributed by atoms with E-state index in [0.717, 1.165) is 24.0 Å². The number of allylic oxidation sites excluding steroid dienone is 2. The van der Waals surface area contributed by atoms with Gasteiger partial charge in [-0.3, -0.25) is 0 Å². The van der Waals surface area contributed by atoms with Crippen molar-refractivity contribution in [3.63, 3.8) is 0 Å². The first kappa shape index (κ1) is 24.4. The van der Waals surface area contributed by atoms with Crippen LogP contribution in [0.2, 0.25) is 0 Å². The molecule has 2 aromatic rings. The number of nitrogens with two attached hydrogens (primary N) is 1. The molecule has 0 aromatic heterocycles. The Morgan fingerprint density at radius 2 is 1.91 bits per heavy atom. The zero-order valence-corrected chi connectivity index (χ0v) is 19.1. The number of aliphatic imine (C=N–C) groups is 1. The minimum Gasteiger partial charge on any atom is -0.431 e. The molecule has 33 heavy (non-hydrogen) atoms. The van der Waals surface area contributed by atoms with Crippen molar-refractivity contribution in [1.82, 2.24) is 0 Å². The molecule has 1 fully saturated rings. The van der Waals surface area contributed by atoms with Crippen LogP contribution >= 0.6 is 0 Å². The number of ether oxygens (including phenoxy) is 1. The van der Waals surface area contributed by atoms with Crippen molar-refractivity contribution < 1.29 is 18.3 Å². The number of anilines is 1.